The van der Waals surface area contributed by atoms with Gasteiger partial charge in [-0.1, -0.05) is 11.6 Å². The second kappa shape index (κ2) is 9.11. The van der Waals surface area contributed by atoms with Gasteiger partial charge in [0.25, 0.3) is 12.3 Å². The molecule has 0 saturated carbocycles. The quantitative estimate of drug-likeness (QED) is 0.388. The molecule has 0 aliphatic heterocycles. The molecule has 3 N–H and O–H groups in total. The summed E-state index contributed by atoms with van der Waals surface area (Å²) < 4.78 is 30.3. The van der Waals surface area contributed by atoms with E-state index in [-0.39, 0.29) is 28.4 Å². The van der Waals surface area contributed by atoms with E-state index in [1.807, 2.05) is 0 Å². The maximum absolute atomic E-state index is 13.6. The van der Waals surface area contributed by atoms with Crippen LogP contribution >= 0.6 is 22.9 Å². The fourth-order valence-electron chi connectivity index (χ4n) is 3.62. The number of rotatable bonds is 7. The molecule has 4 heterocycles. The SMILES string of the molecule is Cc1nn(CCC(=O)Nc2c(C(N)=O)sc3nc(C(F)F)cc(-c4cn(C)nc4C)c23)cc1Cl. The van der Waals surface area contributed by atoms with E-state index in [0.717, 1.165) is 11.3 Å². The molecule has 0 fully saturated rings. The molecule has 0 aliphatic rings. The van der Waals surface area contributed by atoms with Crippen LogP contribution in [0.15, 0.2) is 18.5 Å². The summed E-state index contributed by atoms with van der Waals surface area (Å²) in [6, 6.07) is 1.25. The lowest BCUT2D eigenvalue weighted by Crippen LogP contribution is -2.18. The van der Waals surface area contributed by atoms with E-state index in [0.29, 0.717) is 32.9 Å². The number of amides is 2. The number of pyridine rings is 1. The van der Waals surface area contributed by atoms with Crippen molar-refractivity contribution in [1.29, 1.82) is 0 Å². The average molecular weight is 508 g/mol. The van der Waals surface area contributed by atoms with E-state index in [1.165, 1.54) is 6.07 Å². The van der Waals surface area contributed by atoms with Crippen LogP contribution < -0.4 is 11.1 Å². The van der Waals surface area contributed by atoms with Gasteiger partial charge in [0.05, 0.1) is 22.1 Å². The Balaban J connectivity index is 1.79. The van der Waals surface area contributed by atoms with E-state index in [9.17, 15) is 18.4 Å². The molecule has 4 aromatic rings. The van der Waals surface area contributed by atoms with Crippen LogP contribution in [0.2, 0.25) is 5.02 Å². The summed E-state index contributed by atoms with van der Waals surface area (Å²) >= 11 is 6.86. The van der Waals surface area contributed by atoms with Gasteiger partial charge in [0, 0.05) is 43.4 Å². The molecule has 0 atom stereocenters. The Morgan fingerprint density at radius 3 is 2.50 bits per heavy atom. The number of alkyl halides is 2. The predicted octanol–water partition coefficient (Wildman–Crippen LogP) is 4.23. The summed E-state index contributed by atoms with van der Waals surface area (Å²) in [5.74, 6) is -1.22. The van der Waals surface area contributed by atoms with Gasteiger partial charge in [-0.15, -0.1) is 11.3 Å². The number of anilines is 1. The topological polar surface area (TPSA) is 121 Å². The van der Waals surface area contributed by atoms with Crippen LogP contribution in [0.4, 0.5) is 14.5 Å². The highest BCUT2D eigenvalue weighted by Gasteiger charge is 2.26. The van der Waals surface area contributed by atoms with Crippen LogP contribution in [-0.2, 0) is 18.4 Å². The number of halogens is 3. The van der Waals surface area contributed by atoms with Crippen molar-refractivity contribution in [3.8, 4) is 11.1 Å². The monoisotopic (exact) mass is 507 g/mol. The molecule has 0 unspecified atom stereocenters. The van der Waals surface area contributed by atoms with Gasteiger partial charge in [0.15, 0.2) is 0 Å². The second-order valence-corrected chi connectivity index (χ2v) is 9.08. The first-order valence-electron chi connectivity index (χ1n) is 10.1. The van der Waals surface area contributed by atoms with Crippen LogP contribution in [0.5, 0.6) is 0 Å². The first kappa shape index (κ1) is 23.8. The number of fused-ring (bicyclic) bond motifs is 1. The number of nitrogens with zero attached hydrogens (tertiary/aromatic N) is 5. The van der Waals surface area contributed by atoms with Crippen molar-refractivity contribution in [3.63, 3.8) is 0 Å². The van der Waals surface area contributed by atoms with Crippen molar-refractivity contribution in [2.75, 3.05) is 5.32 Å². The van der Waals surface area contributed by atoms with Crippen molar-refractivity contribution in [1.82, 2.24) is 24.5 Å². The van der Waals surface area contributed by atoms with Gasteiger partial charge in [0.1, 0.15) is 15.4 Å². The Hall–Kier alpha value is -3.38. The molecule has 0 aromatic carbocycles. The molecule has 9 nitrogen and oxygen atoms in total. The standard InChI is InChI=1S/C21H20ClF2N7O2S/c1-9-12(7-30(3)28-9)11-6-14(19(23)24)26-21-16(11)17(18(34-21)20(25)33)27-15(32)4-5-31-8-13(22)10(2)29-31/h6-8,19H,4-5H2,1-3H3,(H2,25,33)(H,27,32). The van der Waals surface area contributed by atoms with Gasteiger partial charge >= 0.3 is 0 Å². The third-order valence-corrected chi connectivity index (χ3v) is 6.62. The smallest absolute Gasteiger partial charge is 0.280 e. The third-order valence-electron chi connectivity index (χ3n) is 5.15. The summed E-state index contributed by atoms with van der Waals surface area (Å²) in [5.41, 5.74) is 7.42. The number of primary amides is 1. The number of carbonyl (C=O) groups is 2. The molecule has 4 rings (SSSR count). The summed E-state index contributed by atoms with van der Waals surface area (Å²) in [6.07, 6.45) is 0.479. The normalized spacial score (nSPS) is 11.5. The molecular weight excluding hydrogens is 488 g/mol. The van der Waals surface area contributed by atoms with Gasteiger partial charge in [-0.05, 0) is 25.5 Å². The maximum Gasteiger partial charge on any atom is 0.280 e. The van der Waals surface area contributed by atoms with Gasteiger partial charge in [-0.2, -0.15) is 10.2 Å². The Bertz CT molecular complexity index is 1410. The van der Waals surface area contributed by atoms with Gasteiger partial charge in [-0.25, -0.2) is 13.8 Å². The minimum Gasteiger partial charge on any atom is -0.365 e. The molecule has 178 valence electrons. The largest absolute Gasteiger partial charge is 0.365 e. The number of thiophene rings is 1. The summed E-state index contributed by atoms with van der Waals surface area (Å²) in [7, 11) is 1.71. The number of carbonyl (C=O) groups excluding carboxylic acids is 2. The van der Waals surface area contributed by atoms with Gasteiger partial charge < -0.3 is 11.1 Å². The lowest BCUT2D eigenvalue weighted by Gasteiger charge is -2.10. The number of hydrogen-bond acceptors (Lipinski definition) is 6. The molecule has 0 aliphatic carbocycles. The number of nitrogens with one attached hydrogen (secondary N) is 1. The zero-order valence-corrected chi connectivity index (χ0v) is 20.0. The van der Waals surface area contributed by atoms with Crippen LogP contribution in [0, 0.1) is 13.8 Å². The molecular formula is C21H20ClF2N7O2S. The fourth-order valence-corrected chi connectivity index (χ4v) is 4.79. The highest BCUT2D eigenvalue weighted by molar-refractivity contribution is 7.21. The van der Waals surface area contributed by atoms with E-state index in [4.69, 9.17) is 17.3 Å². The molecule has 2 amide bonds. The fraction of sp³-hybridized carbons (Fsp3) is 0.286. The lowest BCUT2D eigenvalue weighted by molar-refractivity contribution is -0.116. The Morgan fingerprint density at radius 2 is 1.94 bits per heavy atom. The van der Waals surface area contributed by atoms with Crippen molar-refractivity contribution < 1.29 is 18.4 Å². The summed E-state index contributed by atoms with van der Waals surface area (Å²) in [5, 5.41) is 12.1. The summed E-state index contributed by atoms with van der Waals surface area (Å²) in [4.78, 5) is 29.2. The van der Waals surface area contributed by atoms with Gasteiger partial charge in [-0.3, -0.25) is 19.0 Å². The molecule has 0 radical (unpaired) electrons. The Kier molecular flexibility index (Phi) is 6.36. The molecule has 4 aromatic heterocycles. The van der Waals surface area contributed by atoms with Crippen molar-refractivity contribution in [2.24, 2.45) is 12.8 Å². The molecule has 13 heteroatoms. The molecule has 0 saturated heterocycles. The number of aromatic nitrogens is 5. The molecule has 34 heavy (non-hydrogen) atoms. The number of nitrogens with two attached hydrogens (primary N) is 1. The summed E-state index contributed by atoms with van der Waals surface area (Å²) in [6.45, 7) is 3.73. The van der Waals surface area contributed by atoms with E-state index in [2.05, 4.69) is 20.5 Å². The Morgan fingerprint density at radius 1 is 1.21 bits per heavy atom. The number of aryl methyl sites for hydroxylation is 4. The average Bonchev–Trinajstić information content (AvgIpc) is 3.40. The van der Waals surface area contributed by atoms with Crippen LogP contribution in [0.1, 0.15) is 39.6 Å². The highest BCUT2D eigenvalue weighted by atomic mass is 35.5. The predicted molar refractivity (Wildman–Crippen MR) is 125 cm³/mol. The zero-order valence-electron chi connectivity index (χ0n) is 18.4. The second-order valence-electron chi connectivity index (χ2n) is 7.67. The van der Waals surface area contributed by atoms with E-state index >= 15 is 0 Å². The first-order valence-corrected chi connectivity index (χ1v) is 11.3. The van der Waals surface area contributed by atoms with E-state index in [1.54, 1.807) is 42.7 Å². The minimum absolute atomic E-state index is 0.0167. The number of hydrogen-bond donors (Lipinski definition) is 2. The molecule has 0 bridgehead atoms. The van der Waals surface area contributed by atoms with Crippen molar-refractivity contribution >= 4 is 50.7 Å². The highest BCUT2D eigenvalue weighted by Crippen LogP contribution is 2.43. The van der Waals surface area contributed by atoms with E-state index < -0.39 is 23.9 Å². The third kappa shape index (κ3) is 4.50. The van der Waals surface area contributed by atoms with Gasteiger partial charge in [0.2, 0.25) is 5.91 Å². The van der Waals surface area contributed by atoms with Crippen molar-refractivity contribution in [3.05, 3.63) is 45.4 Å². The van der Waals surface area contributed by atoms with Crippen molar-refractivity contribution in [2.45, 2.75) is 33.2 Å². The lowest BCUT2D eigenvalue weighted by atomic mass is 10.0. The minimum atomic E-state index is -2.83. The van der Waals surface area contributed by atoms with Crippen LogP contribution in [-0.4, -0.2) is 36.4 Å². The maximum atomic E-state index is 13.6. The van der Waals surface area contributed by atoms with Crippen LogP contribution in [0.25, 0.3) is 21.3 Å². The molecule has 0 spiro atoms. The van der Waals surface area contributed by atoms with Crippen LogP contribution in [0.3, 0.4) is 0 Å². The zero-order chi connectivity index (χ0) is 24.7. The first-order chi connectivity index (χ1) is 16.0. The Labute approximate surface area is 201 Å².